The Kier molecular flexibility index (Phi) is 7.50. The van der Waals surface area contributed by atoms with Crippen LogP contribution in [0.2, 0.25) is 0 Å². The van der Waals surface area contributed by atoms with Gasteiger partial charge in [0.25, 0.3) is 11.8 Å². The summed E-state index contributed by atoms with van der Waals surface area (Å²) in [5.74, 6) is -3.13. The van der Waals surface area contributed by atoms with E-state index in [1.54, 1.807) is 12.1 Å². The van der Waals surface area contributed by atoms with Crippen molar-refractivity contribution in [3.8, 4) is 0 Å². The Morgan fingerprint density at radius 1 is 0.600 bits per heavy atom. The van der Waals surface area contributed by atoms with Gasteiger partial charge in [-0.15, -0.1) is 0 Å². The summed E-state index contributed by atoms with van der Waals surface area (Å²) in [6.45, 7) is -3.26. The Hall–Kier alpha value is -4.74. The fraction of sp³-hybridized carbons (Fsp3) is 0.0938. The summed E-state index contributed by atoms with van der Waals surface area (Å²) in [6.07, 6.45) is 0. The van der Waals surface area contributed by atoms with Gasteiger partial charge < -0.3 is 9.47 Å². The minimum Gasteiger partial charge on any atom is -0.467 e. The summed E-state index contributed by atoms with van der Waals surface area (Å²) in [5, 5.41) is 2.16. The average Bonchev–Trinajstić information content (AvgIpc) is 3.27. The molecular formula is C32H26NO6P. The minimum atomic E-state index is -3.26. The summed E-state index contributed by atoms with van der Waals surface area (Å²) in [6, 6.07) is 32.6. The molecule has 1 atom stereocenters. The fourth-order valence-corrected chi connectivity index (χ4v) is 9.79. The molecule has 5 rings (SSSR count). The van der Waals surface area contributed by atoms with Crippen LogP contribution in [0.3, 0.4) is 0 Å². The van der Waals surface area contributed by atoms with E-state index in [0.717, 1.165) is 27.9 Å². The lowest BCUT2D eigenvalue weighted by atomic mass is 10.1. The third-order valence-corrected chi connectivity index (χ3v) is 11.3. The molecule has 40 heavy (non-hydrogen) atoms. The Bertz CT molecular complexity index is 1510. The molecule has 1 unspecified atom stereocenters. The molecule has 0 aromatic heterocycles. The number of carbonyl (C=O) groups excluding carboxylic acids is 4. The van der Waals surface area contributed by atoms with Gasteiger partial charge in [-0.3, -0.25) is 14.5 Å². The fourth-order valence-electron chi connectivity index (χ4n) is 5.25. The lowest BCUT2D eigenvalue weighted by Gasteiger charge is -2.36. The van der Waals surface area contributed by atoms with Crippen LogP contribution >= 0.6 is 6.89 Å². The number of ether oxygens (including phenoxy) is 2. The molecule has 8 heteroatoms. The maximum atomic E-state index is 14.1. The predicted octanol–water partition coefficient (Wildman–Crippen LogP) is 3.16. The van der Waals surface area contributed by atoms with Gasteiger partial charge in [0.05, 0.1) is 30.6 Å². The van der Waals surface area contributed by atoms with Gasteiger partial charge in [0.2, 0.25) is 0 Å². The molecule has 0 radical (unpaired) electrons. The van der Waals surface area contributed by atoms with Crippen LogP contribution in [0.5, 0.6) is 0 Å². The molecule has 0 spiro atoms. The van der Waals surface area contributed by atoms with Gasteiger partial charge in [-0.05, 0) is 34.9 Å². The molecule has 200 valence electrons. The van der Waals surface area contributed by atoms with E-state index in [-0.39, 0.29) is 16.4 Å². The molecule has 0 saturated heterocycles. The molecule has 0 aliphatic carbocycles. The molecule has 0 N–H and O–H groups in total. The number of methoxy groups -OCH3 is 2. The minimum absolute atomic E-state index is 0.0417. The van der Waals surface area contributed by atoms with Crippen LogP contribution in [-0.4, -0.2) is 54.2 Å². The monoisotopic (exact) mass is 551 g/mol. The molecule has 0 fully saturated rings. The van der Waals surface area contributed by atoms with E-state index in [2.05, 4.69) is 0 Å². The van der Waals surface area contributed by atoms with Crippen molar-refractivity contribution in [3.05, 3.63) is 126 Å². The first-order valence-corrected chi connectivity index (χ1v) is 14.3. The average molecular weight is 552 g/mol. The molecule has 0 bridgehead atoms. The number of hydrogen-bond acceptors (Lipinski definition) is 6. The highest BCUT2D eigenvalue weighted by Gasteiger charge is 2.50. The topological polar surface area (TPSA) is 90.0 Å². The maximum Gasteiger partial charge on any atom is 0.337 e. The quantitative estimate of drug-likeness (QED) is 0.199. The number of carbonyl (C=O) groups is 4. The second-order valence-corrected chi connectivity index (χ2v) is 12.4. The third kappa shape index (κ3) is 4.25. The zero-order valence-electron chi connectivity index (χ0n) is 21.9. The third-order valence-electron chi connectivity index (χ3n) is 6.95. The second kappa shape index (κ2) is 11.2. The van der Waals surface area contributed by atoms with Gasteiger partial charge >= 0.3 is 11.9 Å². The molecule has 1 heterocycles. The van der Waals surface area contributed by atoms with Gasteiger partial charge in [-0.1, -0.05) is 103 Å². The van der Waals surface area contributed by atoms with Crippen LogP contribution in [0.4, 0.5) is 0 Å². The van der Waals surface area contributed by atoms with Gasteiger partial charge in [0.15, 0.2) is 6.04 Å². The summed E-state index contributed by atoms with van der Waals surface area (Å²) in [7, 11) is 2.38. The number of benzene rings is 4. The number of hydrogen-bond donors (Lipinski definition) is 0. The molecule has 0 saturated carbocycles. The summed E-state index contributed by atoms with van der Waals surface area (Å²) in [4.78, 5) is 56.2. The highest BCUT2D eigenvalue weighted by Crippen LogP contribution is 2.48. The standard InChI is InChI=1S/C32H26NO6P/c1-38-31(36)27(33-29(34)25-20-12-13-21-26(25)30(33)35)28(32(37)39-2)40(22-14-6-3-7-15-22,23-16-8-4-9-17-23)24-18-10-5-11-19-24/h3-21,27H,1-2H3. The van der Waals surface area contributed by atoms with E-state index in [9.17, 15) is 19.2 Å². The van der Waals surface area contributed by atoms with Crippen molar-refractivity contribution in [2.24, 2.45) is 0 Å². The largest absolute Gasteiger partial charge is 0.467 e. The second-order valence-electron chi connectivity index (χ2n) is 9.01. The van der Waals surface area contributed by atoms with Crippen molar-refractivity contribution in [1.29, 1.82) is 0 Å². The van der Waals surface area contributed by atoms with Crippen LogP contribution in [-0.2, 0) is 19.1 Å². The lowest BCUT2D eigenvalue weighted by Crippen LogP contribution is -2.55. The van der Waals surface area contributed by atoms with Gasteiger partial charge in [0, 0.05) is 0 Å². The Balaban J connectivity index is 2.01. The van der Waals surface area contributed by atoms with Crippen LogP contribution in [0, 0.1) is 0 Å². The van der Waals surface area contributed by atoms with E-state index >= 15 is 0 Å². The molecule has 4 aromatic rings. The number of imide groups is 1. The lowest BCUT2D eigenvalue weighted by molar-refractivity contribution is -0.144. The maximum absolute atomic E-state index is 14.1. The SMILES string of the molecule is COC(=O)C(C(C(=O)OC)N1C(=O)c2ccccc2C1=O)=P(c1ccccc1)(c1ccccc1)c1ccccc1. The number of fused-ring (bicyclic) bond motifs is 1. The molecule has 1 aliphatic rings. The van der Waals surface area contributed by atoms with Gasteiger partial charge in [-0.2, -0.15) is 0 Å². The normalized spacial score (nSPS) is 13.4. The number of esters is 2. The first-order valence-electron chi connectivity index (χ1n) is 12.5. The van der Waals surface area contributed by atoms with Crippen molar-refractivity contribution in [1.82, 2.24) is 4.90 Å². The predicted molar refractivity (Wildman–Crippen MR) is 155 cm³/mol. The number of rotatable bonds is 7. The van der Waals surface area contributed by atoms with E-state index in [0.29, 0.717) is 0 Å². The van der Waals surface area contributed by atoms with Crippen molar-refractivity contribution < 1.29 is 28.7 Å². The molecular weight excluding hydrogens is 525 g/mol. The highest BCUT2D eigenvalue weighted by atomic mass is 31.2. The highest BCUT2D eigenvalue weighted by molar-refractivity contribution is 7.96. The molecule has 4 aromatic carbocycles. The first-order chi connectivity index (χ1) is 19.5. The zero-order valence-corrected chi connectivity index (χ0v) is 22.8. The molecule has 7 nitrogen and oxygen atoms in total. The van der Waals surface area contributed by atoms with Crippen LogP contribution in [0.1, 0.15) is 20.7 Å². The summed E-state index contributed by atoms with van der Waals surface area (Å²) >= 11 is 0. The molecule has 2 amide bonds. The smallest absolute Gasteiger partial charge is 0.337 e. The van der Waals surface area contributed by atoms with Gasteiger partial charge in [-0.25, -0.2) is 9.59 Å². The Labute approximate surface area is 231 Å². The van der Waals surface area contributed by atoms with Crippen LogP contribution < -0.4 is 15.9 Å². The van der Waals surface area contributed by atoms with Crippen molar-refractivity contribution in [3.63, 3.8) is 0 Å². The number of nitrogens with zero attached hydrogens (tertiary/aromatic N) is 1. The van der Waals surface area contributed by atoms with Crippen molar-refractivity contribution >= 4 is 51.8 Å². The summed E-state index contributed by atoms with van der Waals surface area (Å²) < 4.78 is 10.6. The summed E-state index contributed by atoms with van der Waals surface area (Å²) in [5.41, 5.74) is 0.294. The zero-order chi connectivity index (χ0) is 28.3. The Morgan fingerprint density at radius 2 is 0.975 bits per heavy atom. The Morgan fingerprint density at radius 3 is 1.32 bits per heavy atom. The van der Waals surface area contributed by atoms with Crippen LogP contribution in [0.15, 0.2) is 115 Å². The van der Waals surface area contributed by atoms with Crippen molar-refractivity contribution in [2.75, 3.05) is 14.2 Å². The van der Waals surface area contributed by atoms with E-state index in [1.807, 2.05) is 91.0 Å². The van der Waals surface area contributed by atoms with Crippen LogP contribution in [0.25, 0.3) is 0 Å². The van der Waals surface area contributed by atoms with Gasteiger partial charge in [0.1, 0.15) is 0 Å². The number of amides is 2. The van der Waals surface area contributed by atoms with Crippen molar-refractivity contribution in [2.45, 2.75) is 6.04 Å². The first kappa shape index (κ1) is 26.9. The molecule has 1 aliphatic heterocycles. The van der Waals surface area contributed by atoms with E-state index in [1.165, 1.54) is 19.2 Å². The van der Waals surface area contributed by atoms with E-state index < -0.39 is 36.7 Å². The van der Waals surface area contributed by atoms with E-state index in [4.69, 9.17) is 9.47 Å².